The molecule has 3 rings (SSSR count). The number of halogens is 1. The van der Waals surface area contributed by atoms with Crippen LogP contribution in [0.2, 0.25) is 5.02 Å². The Morgan fingerprint density at radius 1 is 1.18 bits per heavy atom. The number of benzene rings is 2. The van der Waals surface area contributed by atoms with Crippen molar-refractivity contribution in [1.82, 2.24) is 4.72 Å². The number of rotatable bonds is 7. The normalized spacial score (nSPS) is 16.8. The maximum absolute atomic E-state index is 12.4. The Hall–Kier alpha value is -2.15. The molecule has 2 aromatic carbocycles. The summed E-state index contributed by atoms with van der Waals surface area (Å²) >= 11 is 5.81. The Kier molecular flexibility index (Phi) is 6.23. The molecule has 0 spiro atoms. The second kappa shape index (κ2) is 8.47. The van der Waals surface area contributed by atoms with E-state index in [9.17, 15) is 18.3 Å². The number of hydrogen-bond acceptors (Lipinski definition) is 3. The number of aliphatic carboxylic acids is 1. The largest absolute Gasteiger partial charge is 0.478 e. The molecular weight excluding hydrogens is 398 g/mol. The van der Waals surface area contributed by atoms with E-state index < -0.39 is 16.0 Å². The lowest BCUT2D eigenvalue weighted by molar-refractivity contribution is -0.132. The predicted octanol–water partition coefficient (Wildman–Crippen LogP) is 3.91. The third-order valence-electron chi connectivity index (χ3n) is 4.93. The van der Waals surface area contributed by atoms with Gasteiger partial charge in [0.05, 0.1) is 4.90 Å². The molecule has 5 nitrogen and oxygen atoms in total. The fraction of sp³-hybridized carbons (Fsp3) is 0.286. The molecule has 7 heteroatoms. The SMILES string of the molecule is CCC(=Cc1ccc2c(c1)CC(CNS(=O)(=O)c1ccc(Cl)cc1)C2)C(=O)O. The van der Waals surface area contributed by atoms with Crippen molar-refractivity contribution in [3.05, 3.63) is 69.8 Å². The van der Waals surface area contributed by atoms with Crippen LogP contribution in [0.3, 0.4) is 0 Å². The highest BCUT2D eigenvalue weighted by Crippen LogP contribution is 2.28. The van der Waals surface area contributed by atoms with E-state index in [4.69, 9.17) is 11.6 Å². The van der Waals surface area contributed by atoms with Crippen LogP contribution in [0.1, 0.15) is 30.0 Å². The molecular formula is C21H22ClNO4S. The lowest BCUT2D eigenvalue weighted by atomic mass is 10.0. The summed E-state index contributed by atoms with van der Waals surface area (Å²) in [6, 6.07) is 12.0. The zero-order chi connectivity index (χ0) is 20.3. The van der Waals surface area contributed by atoms with Gasteiger partial charge in [-0.2, -0.15) is 0 Å². The number of nitrogens with one attached hydrogen (secondary N) is 1. The van der Waals surface area contributed by atoms with Gasteiger partial charge in [0.1, 0.15) is 0 Å². The molecule has 1 aliphatic rings. The van der Waals surface area contributed by atoms with Crippen molar-refractivity contribution >= 4 is 33.7 Å². The lowest BCUT2D eigenvalue weighted by Crippen LogP contribution is -2.29. The molecule has 2 aromatic rings. The first-order valence-electron chi connectivity index (χ1n) is 9.09. The van der Waals surface area contributed by atoms with Crippen LogP contribution in [0, 0.1) is 5.92 Å². The zero-order valence-corrected chi connectivity index (χ0v) is 17.1. The minimum atomic E-state index is -3.57. The van der Waals surface area contributed by atoms with E-state index in [0.717, 1.165) is 24.0 Å². The summed E-state index contributed by atoms with van der Waals surface area (Å²) in [5.41, 5.74) is 3.55. The smallest absolute Gasteiger partial charge is 0.331 e. The standard InChI is InChI=1S/C21H22ClNO4S/c1-2-16(21(24)25)9-14-3-4-17-11-15(12-18(17)10-14)13-23-28(26,27)20-7-5-19(22)6-8-20/h3-10,15,23H,2,11-13H2,1H3,(H,24,25). The van der Waals surface area contributed by atoms with Gasteiger partial charge in [-0.15, -0.1) is 0 Å². The van der Waals surface area contributed by atoms with Gasteiger partial charge >= 0.3 is 5.97 Å². The second-order valence-electron chi connectivity index (χ2n) is 6.94. The molecule has 0 aromatic heterocycles. The monoisotopic (exact) mass is 419 g/mol. The Balaban J connectivity index is 1.66. The summed E-state index contributed by atoms with van der Waals surface area (Å²) in [5, 5.41) is 9.67. The summed E-state index contributed by atoms with van der Waals surface area (Å²) in [7, 11) is -3.57. The summed E-state index contributed by atoms with van der Waals surface area (Å²) in [6.45, 7) is 2.16. The van der Waals surface area contributed by atoms with Gasteiger partial charge in [-0.1, -0.05) is 36.7 Å². The first-order valence-corrected chi connectivity index (χ1v) is 11.0. The number of carbonyl (C=O) groups is 1. The van der Waals surface area contributed by atoms with Gasteiger partial charge in [-0.05, 0) is 72.2 Å². The average molecular weight is 420 g/mol. The minimum Gasteiger partial charge on any atom is -0.478 e. The maximum Gasteiger partial charge on any atom is 0.331 e. The molecule has 1 unspecified atom stereocenters. The first-order chi connectivity index (χ1) is 13.3. The average Bonchev–Trinajstić information content (AvgIpc) is 3.07. The minimum absolute atomic E-state index is 0.168. The van der Waals surface area contributed by atoms with Crippen molar-refractivity contribution in [3.63, 3.8) is 0 Å². The number of carboxylic acids is 1. The van der Waals surface area contributed by atoms with Gasteiger partial charge in [0, 0.05) is 17.1 Å². The Morgan fingerprint density at radius 2 is 1.86 bits per heavy atom. The van der Waals surface area contributed by atoms with Crippen molar-refractivity contribution < 1.29 is 18.3 Å². The molecule has 1 aliphatic carbocycles. The molecule has 28 heavy (non-hydrogen) atoms. The fourth-order valence-electron chi connectivity index (χ4n) is 3.40. The Morgan fingerprint density at radius 3 is 2.50 bits per heavy atom. The topological polar surface area (TPSA) is 83.5 Å². The fourth-order valence-corrected chi connectivity index (χ4v) is 4.65. The van der Waals surface area contributed by atoms with E-state index in [1.54, 1.807) is 18.2 Å². The summed E-state index contributed by atoms with van der Waals surface area (Å²) < 4.78 is 27.5. The van der Waals surface area contributed by atoms with Gasteiger partial charge in [-0.25, -0.2) is 17.9 Å². The van der Waals surface area contributed by atoms with E-state index in [1.165, 1.54) is 17.7 Å². The number of fused-ring (bicyclic) bond motifs is 1. The molecule has 2 N–H and O–H groups in total. The van der Waals surface area contributed by atoms with Crippen LogP contribution >= 0.6 is 11.6 Å². The highest BCUT2D eigenvalue weighted by atomic mass is 35.5. The van der Waals surface area contributed by atoms with Crippen LogP contribution in [-0.2, 0) is 27.7 Å². The third-order valence-corrected chi connectivity index (χ3v) is 6.62. The lowest BCUT2D eigenvalue weighted by Gasteiger charge is -2.11. The van der Waals surface area contributed by atoms with Gasteiger partial charge in [0.25, 0.3) is 0 Å². The van der Waals surface area contributed by atoms with Crippen LogP contribution < -0.4 is 4.72 Å². The second-order valence-corrected chi connectivity index (χ2v) is 9.14. The van der Waals surface area contributed by atoms with Crippen LogP contribution in [0.15, 0.2) is 52.9 Å². The number of hydrogen-bond donors (Lipinski definition) is 2. The van der Waals surface area contributed by atoms with E-state index >= 15 is 0 Å². The van der Waals surface area contributed by atoms with Crippen molar-refractivity contribution in [2.45, 2.75) is 31.1 Å². The molecule has 0 aliphatic heterocycles. The summed E-state index contributed by atoms with van der Waals surface area (Å²) in [6.07, 6.45) is 3.71. The molecule has 0 saturated carbocycles. The van der Waals surface area contributed by atoms with Crippen LogP contribution in [0.5, 0.6) is 0 Å². The Labute approximate surface area is 170 Å². The predicted molar refractivity (Wildman–Crippen MR) is 110 cm³/mol. The number of sulfonamides is 1. The van der Waals surface area contributed by atoms with Gasteiger partial charge in [-0.3, -0.25) is 0 Å². The summed E-state index contributed by atoms with van der Waals surface area (Å²) in [5.74, 6) is -0.737. The van der Waals surface area contributed by atoms with E-state index in [1.807, 2.05) is 25.1 Å². The highest BCUT2D eigenvalue weighted by molar-refractivity contribution is 7.89. The molecule has 0 bridgehead atoms. The Bertz CT molecular complexity index is 1010. The maximum atomic E-state index is 12.4. The van der Waals surface area contributed by atoms with E-state index in [2.05, 4.69) is 4.72 Å². The zero-order valence-electron chi connectivity index (χ0n) is 15.5. The highest BCUT2D eigenvalue weighted by Gasteiger charge is 2.24. The molecule has 0 saturated heterocycles. The van der Waals surface area contributed by atoms with Crippen LogP contribution in [0.4, 0.5) is 0 Å². The number of carboxylic acid groups (broad SMARTS) is 1. The molecule has 0 heterocycles. The van der Waals surface area contributed by atoms with Gasteiger partial charge in [0.2, 0.25) is 10.0 Å². The van der Waals surface area contributed by atoms with E-state index in [0.29, 0.717) is 23.6 Å². The van der Waals surface area contributed by atoms with Crippen LogP contribution in [-0.4, -0.2) is 26.0 Å². The third kappa shape index (κ3) is 4.82. The summed E-state index contributed by atoms with van der Waals surface area (Å²) in [4.78, 5) is 11.4. The van der Waals surface area contributed by atoms with Crippen molar-refractivity contribution in [1.29, 1.82) is 0 Å². The first kappa shape index (κ1) is 20.6. The van der Waals surface area contributed by atoms with Crippen LogP contribution in [0.25, 0.3) is 6.08 Å². The molecule has 0 radical (unpaired) electrons. The molecule has 1 atom stereocenters. The van der Waals surface area contributed by atoms with Gasteiger partial charge < -0.3 is 5.11 Å². The van der Waals surface area contributed by atoms with Gasteiger partial charge in [0.15, 0.2) is 0 Å². The van der Waals surface area contributed by atoms with Crippen molar-refractivity contribution in [2.24, 2.45) is 5.92 Å². The molecule has 0 amide bonds. The molecule has 148 valence electrons. The quantitative estimate of drug-likeness (QED) is 0.666. The molecule has 0 fully saturated rings. The van der Waals surface area contributed by atoms with Crippen molar-refractivity contribution in [2.75, 3.05) is 6.54 Å². The van der Waals surface area contributed by atoms with E-state index in [-0.39, 0.29) is 10.8 Å². The van der Waals surface area contributed by atoms with Crippen molar-refractivity contribution in [3.8, 4) is 0 Å².